The molecular weight excluding hydrogens is 422 g/mol. The molecule has 3 aromatic rings. The van der Waals surface area contributed by atoms with Gasteiger partial charge in [-0.3, -0.25) is 0 Å². The van der Waals surface area contributed by atoms with Gasteiger partial charge in [0, 0.05) is 17.7 Å². The first kappa shape index (κ1) is 23.7. The zero-order valence-corrected chi connectivity index (χ0v) is 20.1. The third kappa shape index (κ3) is 4.89. The molecule has 1 aliphatic carbocycles. The van der Waals surface area contributed by atoms with Gasteiger partial charge >= 0.3 is 5.97 Å². The molecule has 0 spiro atoms. The average Bonchev–Trinajstić information content (AvgIpc) is 3.10. The Morgan fingerprint density at radius 3 is 2.47 bits per heavy atom. The Labute approximate surface area is 201 Å². The summed E-state index contributed by atoms with van der Waals surface area (Å²) in [6.07, 6.45) is 17.3. The van der Waals surface area contributed by atoms with Crippen LogP contribution in [0.3, 0.4) is 0 Å². The summed E-state index contributed by atoms with van der Waals surface area (Å²) >= 11 is 0. The van der Waals surface area contributed by atoms with Gasteiger partial charge in [0.1, 0.15) is 5.56 Å². The topological polar surface area (TPSA) is 67.5 Å². The summed E-state index contributed by atoms with van der Waals surface area (Å²) in [5.41, 5.74) is 7.45. The molecule has 4 rings (SSSR count). The Balaban J connectivity index is 1.77. The zero-order chi connectivity index (χ0) is 24.1. The molecule has 0 radical (unpaired) electrons. The van der Waals surface area contributed by atoms with Crippen molar-refractivity contribution in [2.75, 3.05) is 0 Å². The first-order valence-electron chi connectivity index (χ1n) is 12.2. The maximum absolute atomic E-state index is 11.7. The Hall–Kier alpha value is -3.47. The van der Waals surface area contributed by atoms with Crippen LogP contribution in [0.4, 0.5) is 0 Å². The van der Waals surface area contributed by atoms with Crippen molar-refractivity contribution in [2.24, 2.45) is 0 Å². The van der Waals surface area contributed by atoms with Gasteiger partial charge in [0.05, 0.1) is 11.9 Å². The van der Waals surface area contributed by atoms with Crippen LogP contribution in [0.25, 0.3) is 16.8 Å². The molecule has 0 aliphatic heterocycles. The predicted molar refractivity (Wildman–Crippen MR) is 137 cm³/mol. The van der Waals surface area contributed by atoms with Gasteiger partial charge in [-0.1, -0.05) is 74.8 Å². The van der Waals surface area contributed by atoms with Crippen LogP contribution >= 0.6 is 0 Å². The highest BCUT2D eigenvalue weighted by atomic mass is 16.4. The third-order valence-electron chi connectivity index (χ3n) is 6.88. The smallest absolute Gasteiger partial charge is 0.341 e. The number of nitrogens with zero attached hydrogens (tertiary/aromatic N) is 3. The largest absolute Gasteiger partial charge is 0.477 e. The van der Waals surface area contributed by atoms with Crippen LogP contribution in [-0.2, 0) is 6.42 Å². The summed E-state index contributed by atoms with van der Waals surface area (Å²) in [5.74, 6) is -0.657. The lowest BCUT2D eigenvalue weighted by Gasteiger charge is -2.20. The second kappa shape index (κ2) is 10.6. The summed E-state index contributed by atoms with van der Waals surface area (Å²) in [4.78, 5) is 16.2. The Morgan fingerprint density at radius 2 is 1.85 bits per heavy atom. The van der Waals surface area contributed by atoms with Crippen molar-refractivity contribution >= 4 is 11.6 Å². The fourth-order valence-electron chi connectivity index (χ4n) is 4.95. The molecule has 0 bridgehead atoms. The van der Waals surface area contributed by atoms with Crippen molar-refractivity contribution in [3.05, 3.63) is 89.4 Å². The first-order chi connectivity index (χ1) is 16.5. The van der Waals surface area contributed by atoms with Gasteiger partial charge in [-0.2, -0.15) is 5.10 Å². The molecule has 0 unspecified atom stereocenters. The molecule has 2 aromatic heterocycles. The molecule has 1 fully saturated rings. The van der Waals surface area contributed by atoms with Gasteiger partial charge in [-0.05, 0) is 55.4 Å². The molecule has 5 heteroatoms. The minimum atomic E-state index is -0.994. The Morgan fingerprint density at radius 1 is 1.15 bits per heavy atom. The van der Waals surface area contributed by atoms with Crippen LogP contribution in [0.5, 0.6) is 0 Å². The van der Waals surface area contributed by atoms with E-state index >= 15 is 0 Å². The van der Waals surface area contributed by atoms with E-state index in [1.807, 2.05) is 19.2 Å². The zero-order valence-electron chi connectivity index (χ0n) is 20.1. The molecule has 176 valence electrons. The molecule has 2 heterocycles. The third-order valence-corrected chi connectivity index (χ3v) is 6.88. The molecule has 0 atom stereocenters. The van der Waals surface area contributed by atoms with E-state index in [0.29, 0.717) is 11.6 Å². The summed E-state index contributed by atoms with van der Waals surface area (Å²) in [5, 5.41) is 14.1. The maximum atomic E-state index is 11.7. The fraction of sp³-hybridized carbons (Fsp3) is 0.345. The predicted octanol–water partition coefficient (Wildman–Crippen LogP) is 7.15. The van der Waals surface area contributed by atoms with E-state index in [1.54, 1.807) is 4.52 Å². The van der Waals surface area contributed by atoms with Crippen molar-refractivity contribution in [3.63, 3.8) is 0 Å². The standard InChI is InChI=1S/C29H33N3O2/c1-4-10-24(20(3)5-2)17-21-13-15-22(16-14-21)25-18-30-28-26(29(33)34)19-31-32(28)27(25)23-11-8-6-7-9-12-23/h4-5,10,13-16,18-19,23H,2,6-9,11-12,17H2,1,3H3,(H,33,34)/b10-4-,24-20+. The molecule has 1 saturated carbocycles. The second-order valence-corrected chi connectivity index (χ2v) is 9.13. The van der Waals surface area contributed by atoms with E-state index in [-0.39, 0.29) is 5.56 Å². The monoisotopic (exact) mass is 455 g/mol. The van der Waals surface area contributed by atoms with Crippen molar-refractivity contribution in [1.82, 2.24) is 14.6 Å². The minimum absolute atomic E-state index is 0.151. The van der Waals surface area contributed by atoms with Crippen molar-refractivity contribution in [2.45, 2.75) is 64.7 Å². The quantitative estimate of drug-likeness (QED) is 0.303. The molecular formula is C29H33N3O2. The lowest BCUT2D eigenvalue weighted by molar-refractivity contribution is 0.0698. The highest BCUT2D eigenvalue weighted by Crippen LogP contribution is 2.37. The highest BCUT2D eigenvalue weighted by Gasteiger charge is 2.25. The van der Waals surface area contributed by atoms with E-state index in [4.69, 9.17) is 0 Å². The summed E-state index contributed by atoms with van der Waals surface area (Å²) in [6, 6.07) is 8.64. The van der Waals surface area contributed by atoms with Crippen LogP contribution in [-0.4, -0.2) is 25.7 Å². The molecule has 0 saturated heterocycles. The number of aromatic carboxylic acids is 1. The number of hydrogen-bond donors (Lipinski definition) is 1. The van der Waals surface area contributed by atoms with Crippen LogP contribution in [0, 0.1) is 0 Å². The molecule has 34 heavy (non-hydrogen) atoms. The van der Waals surface area contributed by atoms with Gasteiger partial charge in [0.25, 0.3) is 0 Å². The molecule has 1 aromatic carbocycles. The minimum Gasteiger partial charge on any atom is -0.477 e. The van der Waals surface area contributed by atoms with Crippen LogP contribution < -0.4 is 0 Å². The molecule has 0 amide bonds. The van der Waals surface area contributed by atoms with Gasteiger partial charge < -0.3 is 5.11 Å². The van der Waals surface area contributed by atoms with E-state index in [0.717, 1.165) is 36.1 Å². The van der Waals surface area contributed by atoms with Crippen molar-refractivity contribution in [3.8, 4) is 11.1 Å². The fourth-order valence-corrected chi connectivity index (χ4v) is 4.95. The number of allylic oxidation sites excluding steroid dienone is 5. The number of carboxylic acids is 1. The number of benzene rings is 1. The summed E-state index contributed by atoms with van der Waals surface area (Å²) in [6.45, 7) is 8.03. The molecule has 1 N–H and O–H groups in total. The van der Waals surface area contributed by atoms with Gasteiger partial charge in [0.2, 0.25) is 0 Å². The summed E-state index contributed by atoms with van der Waals surface area (Å²) in [7, 11) is 0. The normalized spacial score (nSPS) is 15.9. The Bertz CT molecular complexity index is 1240. The number of aromatic nitrogens is 3. The number of fused-ring (bicyclic) bond motifs is 1. The number of hydrogen-bond acceptors (Lipinski definition) is 3. The number of rotatable bonds is 7. The number of carboxylic acid groups (broad SMARTS) is 1. The molecule has 5 nitrogen and oxygen atoms in total. The van der Waals surface area contributed by atoms with E-state index in [1.165, 1.54) is 48.6 Å². The van der Waals surface area contributed by atoms with Crippen molar-refractivity contribution in [1.29, 1.82) is 0 Å². The van der Waals surface area contributed by atoms with E-state index < -0.39 is 5.97 Å². The van der Waals surface area contributed by atoms with Crippen LogP contribution in [0.1, 0.15) is 79.9 Å². The van der Waals surface area contributed by atoms with Gasteiger partial charge in [0.15, 0.2) is 5.65 Å². The number of carbonyl (C=O) groups is 1. The van der Waals surface area contributed by atoms with Crippen LogP contribution in [0.2, 0.25) is 0 Å². The molecule has 1 aliphatic rings. The second-order valence-electron chi connectivity index (χ2n) is 9.13. The lowest BCUT2D eigenvalue weighted by Crippen LogP contribution is -2.10. The van der Waals surface area contributed by atoms with E-state index in [9.17, 15) is 9.90 Å². The van der Waals surface area contributed by atoms with Gasteiger partial charge in [-0.25, -0.2) is 14.3 Å². The highest BCUT2D eigenvalue weighted by molar-refractivity contribution is 5.94. The van der Waals surface area contributed by atoms with Crippen LogP contribution in [0.15, 0.2) is 72.6 Å². The van der Waals surface area contributed by atoms with Crippen molar-refractivity contribution < 1.29 is 9.90 Å². The first-order valence-corrected chi connectivity index (χ1v) is 12.2. The Kier molecular flexibility index (Phi) is 7.41. The van der Waals surface area contributed by atoms with Gasteiger partial charge in [-0.15, -0.1) is 0 Å². The average molecular weight is 456 g/mol. The lowest BCUT2D eigenvalue weighted by atomic mass is 9.90. The maximum Gasteiger partial charge on any atom is 0.341 e. The SMILES string of the molecule is C=C/C(C)=C(\C=C/C)Cc1ccc(-c2cnc3c(C(=O)O)cnn3c2C2CCCCCC2)cc1. The summed E-state index contributed by atoms with van der Waals surface area (Å²) < 4.78 is 1.78. The van der Waals surface area contributed by atoms with E-state index in [2.05, 4.69) is 60.0 Å².